The Hall–Kier alpha value is -3.21. The van der Waals surface area contributed by atoms with Gasteiger partial charge in [-0.25, -0.2) is 4.39 Å². The third-order valence-electron chi connectivity index (χ3n) is 4.16. The third kappa shape index (κ3) is 4.06. The smallest absolute Gasteiger partial charge is 0.257 e. The zero-order chi connectivity index (χ0) is 18.5. The lowest BCUT2D eigenvalue weighted by atomic mass is 10.1. The van der Waals surface area contributed by atoms with E-state index in [2.05, 4.69) is 15.6 Å². The Kier molecular flexibility index (Phi) is 5.27. The Bertz CT molecular complexity index is 920. The molecule has 0 bridgehead atoms. The number of rotatable bonds is 5. The number of halogens is 1. The standard InChI is InChI=1S/C21H20FN3O/c1-14-6-5-7-15(2)20(14)25-21(26)17-10-18(13-23-11-17)24-12-16-8-3-4-9-19(16)22/h3-11,13,24H,12H2,1-2H3,(H,25,26). The number of para-hydroxylation sites is 1. The van der Waals surface area contributed by atoms with Crippen LogP contribution in [0, 0.1) is 19.7 Å². The molecule has 4 nitrogen and oxygen atoms in total. The van der Waals surface area contributed by atoms with Crippen molar-refractivity contribution < 1.29 is 9.18 Å². The van der Waals surface area contributed by atoms with Crippen LogP contribution < -0.4 is 10.6 Å². The van der Waals surface area contributed by atoms with Crippen LogP contribution in [0.2, 0.25) is 0 Å². The molecule has 0 radical (unpaired) electrons. The van der Waals surface area contributed by atoms with Gasteiger partial charge < -0.3 is 10.6 Å². The molecule has 0 saturated carbocycles. The van der Waals surface area contributed by atoms with E-state index in [1.54, 1.807) is 30.5 Å². The van der Waals surface area contributed by atoms with Gasteiger partial charge in [0.05, 0.1) is 11.3 Å². The molecule has 0 unspecified atom stereocenters. The minimum Gasteiger partial charge on any atom is -0.380 e. The first-order chi connectivity index (χ1) is 12.5. The van der Waals surface area contributed by atoms with E-state index < -0.39 is 0 Å². The van der Waals surface area contributed by atoms with Gasteiger partial charge in [0, 0.05) is 30.2 Å². The molecule has 0 fully saturated rings. The predicted molar refractivity (Wildman–Crippen MR) is 102 cm³/mol. The van der Waals surface area contributed by atoms with E-state index in [0.29, 0.717) is 23.4 Å². The maximum absolute atomic E-state index is 13.7. The number of pyridine rings is 1. The van der Waals surface area contributed by atoms with Gasteiger partial charge in [0.1, 0.15) is 5.82 Å². The Labute approximate surface area is 152 Å². The lowest BCUT2D eigenvalue weighted by Gasteiger charge is -2.12. The number of nitrogens with one attached hydrogen (secondary N) is 2. The van der Waals surface area contributed by atoms with Crippen LogP contribution in [0.25, 0.3) is 0 Å². The summed E-state index contributed by atoms with van der Waals surface area (Å²) >= 11 is 0. The molecule has 0 saturated heterocycles. The van der Waals surface area contributed by atoms with Gasteiger partial charge in [-0.1, -0.05) is 36.4 Å². The highest BCUT2D eigenvalue weighted by molar-refractivity contribution is 6.05. The summed E-state index contributed by atoms with van der Waals surface area (Å²) < 4.78 is 13.7. The van der Waals surface area contributed by atoms with Gasteiger partial charge in [0.2, 0.25) is 0 Å². The van der Waals surface area contributed by atoms with Crippen LogP contribution in [0.3, 0.4) is 0 Å². The van der Waals surface area contributed by atoms with Crippen LogP contribution in [-0.4, -0.2) is 10.9 Å². The number of amides is 1. The monoisotopic (exact) mass is 349 g/mol. The molecule has 5 heteroatoms. The van der Waals surface area contributed by atoms with Gasteiger partial charge in [0.25, 0.3) is 5.91 Å². The zero-order valence-corrected chi connectivity index (χ0v) is 14.7. The number of aryl methyl sites for hydroxylation is 2. The van der Waals surface area contributed by atoms with E-state index in [-0.39, 0.29) is 11.7 Å². The minimum absolute atomic E-state index is 0.232. The fourth-order valence-electron chi connectivity index (χ4n) is 2.70. The molecule has 0 aliphatic heterocycles. The molecular weight excluding hydrogens is 329 g/mol. The molecule has 0 aliphatic rings. The van der Waals surface area contributed by atoms with Crippen LogP contribution in [0.15, 0.2) is 60.9 Å². The molecule has 0 spiro atoms. The summed E-state index contributed by atoms with van der Waals surface area (Å²) in [7, 11) is 0. The highest BCUT2D eigenvalue weighted by Gasteiger charge is 2.11. The molecule has 26 heavy (non-hydrogen) atoms. The predicted octanol–water partition coefficient (Wildman–Crippen LogP) is 4.70. The van der Waals surface area contributed by atoms with Crippen molar-refractivity contribution in [2.75, 3.05) is 10.6 Å². The number of carbonyl (C=O) groups is 1. The molecule has 1 heterocycles. The summed E-state index contributed by atoms with van der Waals surface area (Å²) in [5, 5.41) is 6.04. The van der Waals surface area contributed by atoms with Crippen molar-refractivity contribution in [3.8, 4) is 0 Å². The molecule has 0 aliphatic carbocycles. The van der Waals surface area contributed by atoms with Crippen molar-refractivity contribution in [3.63, 3.8) is 0 Å². The Morgan fingerprint density at radius 3 is 2.50 bits per heavy atom. The van der Waals surface area contributed by atoms with Gasteiger partial charge >= 0.3 is 0 Å². The molecule has 3 aromatic rings. The number of carbonyl (C=O) groups excluding carboxylic acids is 1. The Balaban J connectivity index is 1.72. The summed E-state index contributed by atoms with van der Waals surface area (Å²) in [6, 6.07) is 14.1. The van der Waals surface area contributed by atoms with Crippen LogP contribution in [-0.2, 0) is 6.54 Å². The maximum atomic E-state index is 13.7. The fourth-order valence-corrected chi connectivity index (χ4v) is 2.70. The molecule has 2 N–H and O–H groups in total. The minimum atomic E-state index is -0.267. The van der Waals surface area contributed by atoms with Crippen LogP contribution >= 0.6 is 0 Å². The number of anilines is 2. The second-order valence-corrected chi connectivity index (χ2v) is 6.13. The molecule has 1 amide bonds. The zero-order valence-electron chi connectivity index (χ0n) is 14.7. The van der Waals surface area contributed by atoms with Gasteiger partial charge in [-0.3, -0.25) is 9.78 Å². The highest BCUT2D eigenvalue weighted by Crippen LogP contribution is 2.21. The highest BCUT2D eigenvalue weighted by atomic mass is 19.1. The summed E-state index contributed by atoms with van der Waals surface area (Å²) in [6.07, 6.45) is 3.12. The summed E-state index contributed by atoms with van der Waals surface area (Å²) in [5.41, 5.74) is 4.45. The van der Waals surface area contributed by atoms with E-state index in [1.165, 1.54) is 12.3 Å². The Morgan fingerprint density at radius 1 is 1.04 bits per heavy atom. The molecule has 1 aromatic heterocycles. The van der Waals surface area contributed by atoms with Crippen molar-refractivity contribution in [2.24, 2.45) is 0 Å². The molecule has 132 valence electrons. The molecule has 3 rings (SSSR count). The van der Waals surface area contributed by atoms with E-state index in [9.17, 15) is 9.18 Å². The molecular formula is C21H20FN3O. The number of aromatic nitrogens is 1. The normalized spacial score (nSPS) is 10.4. The van der Waals surface area contributed by atoms with E-state index >= 15 is 0 Å². The first-order valence-corrected chi connectivity index (χ1v) is 8.34. The number of hydrogen-bond acceptors (Lipinski definition) is 3. The average Bonchev–Trinajstić information content (AvgIpc) is 2.64. The van der Waals surface area contributed by atoms with E-state index in [4.69, 9.17) is 0 Å². The van der Waals surface area contributed by atoms with Crippen LogP contribution in [0.1, 0.15) is 27.0 Å². The largest absolute Gasteiger partial charge is 0.380 e. The summed E-state index contributed by atoms with van der Waals surface area (Å²) in [5.74, 6) is -0.499. The summed E-state index contributed by atoms with van der Waals surface area (Å²) in [6.45, 7) is 4.22. The molecule has 0 atom stereocenters. The van der Waals surface area contributed by atoms with Gasteiger partial charge in [0.15, 0.2) is 0 Å². The van der Waals surface area contributed by atoms with E-state index in [1.807, 2.05) is 32.0 Å². The lowest BCUT2D eigenvalue weighted by Crippen LogP contribution is -2.14. The number of nitrogens with zero attached hydrogens (tertiary/aromatic N) is 1. The Morgan fingerprint density at radius 2 is 1.77 bits per heavy atom. The second kappa shape index (κ2) is 7.78. The quantitative estimate of drug-likeness (QED) is 0.702. The first kappa shape index (κ1) is 17.6. The number of benzene rings is 2. The van der Waals surface area contributed by atoms with E-state index in [0.717, 1.165) is 16.8 Å². The first-order valence-electron chi connectivity index (χ1n) is 8.34. The van der Waals surface area contributed by atoms with Crippen LogP contribution in [0.5, 0.6) is 0 Å². The molecule has 2 aromatic carbocycles. The average molecular weight is 349 g/mol. The van der Waals surface area contributed by atoms with Gasteiger partial charge in [-0.05, 0) is 37.1 Å². The second-order valence-electron chi connectivity index (χ2n) is 6.13. The topological polar surface area (TPSA) is 54.0 Å². The van der Waals surface area contributed by atoms with Gasteiger partial charge in [-0.2, -0.15) is 0 Å². The van der Waals surface area contributed by atoms with Gasteiger partial charge in [-0.15, -0.1) is 0 Å². The third-order valence-corrected chi connectivity index (χ3v) is 4.16. The van der Waals surface area contributed by atoms with Crippen LogP contribution in [0.4, 0.5) is 15.8 Å². The summed E-state index contributed by atoms with van der Waals surface area (Å²) in [4.78, 5) is 16.7. The van der Waals surface area contributed by atoms with Crippen molar-refractivity contribution in [2.45, 2.75) is 20.4 Å². The van der Waals surface area contributed by atoms with Crippen molar-refractivity contribution >= 4 is 17.3 Å². The van der Waals surface area contributed by atoms with Crippen molar-refractivity contribution in [1.82, 2.24) is 4.98 Å². The van der Waals surface area contributed by atoms with Crippen molar-refractivity contribution in [3.05, 3.63) is 89.0 Å². The lowest BCUT2D eigenvalue weighted by molar-refractivity contribution is 0.102. The SMILES string of the molecule is Cc1cccc(C)c1NC(=O)c1cncc(NCc2ccccc2F)c1. The number of hydrogen-bond donors (Lipinski definition) is 2. The fraction of sp³-hybridized carbons (Fsp3) is 0.143. The van der Waals surface area contributed by atoms with Crippen molar-refractivity contribution in [1.29, 1.82) is 0 Å². The maximum Gasteiger partial charge on any atom is 0.257 e.